The monoisotopic (exact) mass is 882 g/mol. The molecule has 0 fully saturated rings. The van der Waals surface area contributed by atoms with E-state index in [1.165, 1.54) is 21.9 Å². The Kier molecular flexibility index (Phi) is 8.79. The third-order valence-corrected chi connectivity index (χ3v) is 13.5. The Labute approximate surface area is 396 Å². The van der Waals surface area contributed by atoms with Crippen LogP contribution < -0.4 is 0 Å². The van der Waals surface area contributed by atoms with Crippen LogP contribution in [0.1, 0.15) is 0 Å². The molecule has 10 aromatic carbocycles. The first-order chi connectivity index (χ1) is 34.2. The molecule has 0 radical (unpaired) electrons. The van der Waals surface area contributed by atoms with Gasteiger partial charge < -0.3 is 13.4 Å². The molecule has 0 amide bonds. The van der Waals surface area contributed by atoms with Crippen LogP contribution in [0.25, 0.3) is 139 Å². The van der Waals surface area contributed by atoms with Gasteiger partial charge >= 0.3 is 0 Å². The smallest absolute Gasteiger partial charge is 0.164 e. The summed E-state index contributed by atoms with van der Waals surface area (Å²) < 4.78 is 15.7. The number of rotatable bonds is 7. The van der Waals surface area contributed by atoms with Gasteiger partial charge in [0.05, 0.1) is 16.7 Å². The Morgan fingerprint density at radius 1 is 0.275 bits per heavy atom. The summed E-state index contributed by atoms with van der Waals surface area (Å²) in [6.45, 7) is 0. The second-order valence-corrected chi connectivity index (χ2v) is 17.5. The lowest BCUT2D eigenvalue weighted by molar-refractivity contribution is 0.669. The van der Waals surface area contributed by atoms with Gasteiger partial charge in [0.2, 0.25) is 0 Å². The zero-order chi connectivity index (χ0) is 45.4. The highest BCUT2D eigenvalue weighted by Gasteiger charge is 2.23. The van der Waals surface area contributed by atoms with Gasteiger partial charge in [-0.3, -0.25) is 0 Å². The summed E-state index contributed by atoms with van der Waals surface area (Å²) in [5, 5.41) is 6.54. The maximum atomic E-state index is 6.70. The summed E-state index contributed by atoms with van der Waals surface area (Å²) >= 11 is 0. The molecular weight excluding hydrogens is 845 g/mol. The summed E-state index contributed by atoms with van der Waals surface area (Å²) in [6, 6.07) is 80.5. The van der Waals surface area contributed by atoms with E-state index < -0.39 is 0 Å². The van der Waals surface area contributed by atoms with E-state index >= 15 is 0 Å². The van der Waals surface area contributed by atoms with Gasteiger partial charge in [0.25, 0.3) is 0 Å². The van der Waals surface area contributed by atoms with Crippen LogP contribution >= 0.6 is 0 Å². The number of fused-ring (bicyclic) bond motifs is 9. The molecular formula is C63H38N4O2. The standard InChI is InChI=1S/C63H38N4O2/c1-4-14-39(15-5-1)41-24-26-43(27-25-41)62-64-61(42-18-8-3-9-19-42)65-63(66-62)46-28-31-48-51-37-45(30-34-56(51)69-58(48)38-46)59-54(33-35-57-60(59)49-21-11-13-23-55(49)68-57)67-52-22-12-10-20-47(52)50-36-44(29-32-53(50)67)40-16-6-2-7-17-40/h1-38H. The second kappa shape index (κ2) is 15.6. The molecule has 0 aliphatic heterocycles. The van der Waals surface area contributed by atoms with Crippen LogP contribution in [0.3, 0.4) is 0 Å². The average Bonchev–Trinajstić information content (AvgIpc) is 4.10. The third kappa shape index (κ3) is 6.45. The Morgan fingerprint density at radius 2 is 0.768 bits per heavy atom. The molecule has 0 spiro atoms. The van der Waals surface area contributed by atoms with E-state index in [1.54, 1.807) is 0 Å². The van der Waals surface area contributed by atoms with Crippen LogP contribution in [-0.2, 0) is 0 Å². The number of benzene rings is 10. The molecule has 0 saturated carbocycles. The van der Waals surface area contributed by atoms with Crippen LogP contribution in [0.4, 0.5) is 0 Å². The van der Waals surface area contributed by atoms with Gasteiger partial charge in [0.15, 0.2) is 17.5 Å². The van der Waals surface area contributed by atoms with E-state index in [9.17, 15) is 0 Å². The number of para-hydroxylation sites is 2. The van der Waals surface area contributed by atoms with E-state index in [4.69, 9.17) is 23.8 Å². The van der Waals surface area contributed by atoms with Crippen molar-refractivity contribution in [2.45, 2.75) is 0 Å². The average molecular weight is 883 g/mol. The van der Waals surface area contributed by atoms with Crippen molar-refractivity contribution >= 4 is 65.7 Å². The molecule has 0 bridgehead atoms. The van der Waals surface area contributed by atoms with Crippen molar-refractivity contribution in [3.63, 3.8) is 0 Å². The first-order valence-electron chi connectivity index (χ1n) is 23.2. The fraction of sp³-hybridized carbons (Fsp3) is 0. The zero-order valence-corrected chi connectivity index (χ0v) is 37.0. The fourth-order valence-corrected chi connectivity index (χ4v) is 10.2. The predicted octanol–water partition coefficient (Wildman–Crippen LogP) is 16.8. The molecule has 14 aromatic rings. The Hall–Kier alpha value is -9.39. The van der Waals surface area contributed by atoms with Crippen LogP contribution in [0, 0.1) is 0 Å². The van der Waals surface area contributed by atoms with Crippen molar-refractivity contribution in [3.8, 4) is 73.2 Å². The molecule has 0 aliphatic rings. The molecule has 0 saturated heterocycles. The number of hydrogen-bond donors (Lipinski definition) is 0. The zero-order valence-electron chi connectivity index (χ0n) is 37.0. The van der Waals surface area contributed by atoms with Crippen molar-refractivity contribution < 1.29 is 8.83 Å². The van der Waals surface area contributed by atoms with Gasteiger partial charge in [-0.25, -0.2) is 15.0 Å². The number of hydrogen-bond acceptors (Lipinski definition) is 5. The lowest BCUT2D eigenvalue weighted by atomic mass is 9.95. The van der Waals surface area contributed by atoms with Gasteiger partial charge in [0, 0.05) is 54.6 Å². The highest BCUT2D eigenvalue weighted by atomic mass is 16.3. The summed E-state index contributed by atoms with van der Waals surface area (Å²) in [4.78, 5) is 15.1. The maximum Gasteiger partial charge on any atom is 0.164 e. The predicted molar refractivity (Wildman–Crippen MR) is 281 cm³/mol. The van der Waals surface area contributed by atoms with Crippen molar-refractivity contribution in [2.75, 3.05) is 0 Å². The molecule has 0 aliphatic carbocycles. The van der Waals surface area contributed by atoms with Crippen LogP contribution in [0.2, 0.25) is 0 Å². The largest absolute Gasteiger partial charge is 0.456 e. The summed E-state index contributed by atoms with van der Waals surface area (Å²) in [5.41, 5.74) is 16.0. The normalized spacial score (nSPS) is 11.8. The maximum absolute atomic E-state index is 6.70. The highest BCUT2D eigenvalue weighted by Crippen LogP contribution is 2.45. The fourth-order valence-electron chi connectivity index (χ4n) is 10.2. The SMILES string of the molecule is c1ccc(-c2ccc(-c3nc(-c4ccccc4)nc(-c4ccc5c(c4)oc4ccc(-c6c(-n7c8ccccc8c8cc(-c9ccccc9)ccc87)ccc7oc8ccccc8c67)cc45)n3)cc2)cc1. The quantitative estimate of drug-likeness (QED) is 0.159. The van der Waals surface area contributed by atoms with Gasteiger partial charge in [-0.1, -0.05) is 170 Å². The Bertz CT molecular complexity index is 4290. The minimum absolute atomic E-state index is 0.569. The van der Waals surface area contributed by atoms with E-state index in [0.717, 1.165) is 99.5 Å². The van der Waals surface area contributed by atoms with Crippen LogP contribution in [0.5, 0.6) is 0 Å². The van der Waals surface area contributed by atoms with E-state index in [2.05, 4.69) is 193 Å². The topological polar surface area (TPSA) is 69.9 Å². The number of furan rings is 2. The molecule has 4 aromatic heterocycles. The molecule has 322 valence electrons. The second-order valence-electron chi connectivity index (χ2n) is 17.5. The lowest BCUT2D eigenvalue weighted by Crippen LogP contribution is -2.00. The first-order valence-corrected chi connectivity index (χ1v) is 23.2. The Morgan fingerprint density at radius 3 is 1.52 bits per heavy atom. The molecule has 0 unspecified atom stereocenters. The highest BCUT2D eigenvalue weighted by molar-refractivity contribution is 6.18. The van der Waals surface area contributed by atoms with E-state index in [0.29, 0.717) is 17.5 Å². The molecule has 6 heteroatoms. The molecule has 4 heterocycles. The third-order valence-electron chi connectivity index (χ3n) is 13.5. The minimum atomic E-state index is 0.569. The number of aromatic nitrogens is 4. The molecule has 14 rings (SSSR count). The summed E-state index contributed by atoms with van der Waals surface area (Å²) in [7, 11) is 0. The van der Waals surface area contributed by atoms with Crippen molar-refractivity contribution in [2.24, 2.45) is 0 Å². The molecule has 0 atom stereocenters. The molecule has 69 heavy (non-hydrogen) atoms. The molecule has 0 N–H and O–H groups in total. The van der Waals surface area contributed by atoms with E-state index in [-0.39, 0.29) is 0 Å². The van der Waals surface area contributed by atoms with Gasteiger partial charge in [-0.05, 0) is 88.5 Å². The van der Waals surface area contributed by atoms with E-state index in [1.807, 2.05) is 42.5 Å². The van der Waals surface area contributed by atoms with Gasteiger partial charge in [-0.2, -0.15) is 0 Å². The lowest BCUT2D eigenvalue weighted by Gasteiger charge is -2.16. The first kappa shape index (κ1) is 38.8. The van der Waals surface area contributed by atoms with Crippen molar-refractivity contribution in [1.82, 2.24) is 19.5 Å². The minimum Gasteiger partial charge on any atom is -0.456 e. The van der Waals surface area contributed by atoms with Crippen LogP contribution in [0.15, 0.2) is 239 Å². The van der Waals surface area contributed by atoms with Crippen molar-refractivity contribution in [3.05, 3.63) is 231 Å². The summed E-state index contributed by atoms with van der Waals surface area (Å²) in [6.07, 6.45) is 0. The van der Waals surface area contributed by atoms with Crippen molar-refractivity contribution in [1.29, 1.82) is 0 Å². The molecule has 6 nitrogen and oxygen atoms in total. The van der Waals surface area contributed by atoms with Gasteiger partial charge in [-0.15, -0.1) is 0 Å². The van der Waals surface area contributed by atoms with Gasteiger partial charge in [0.1, 0.15) is 22.3 Å². The van der Waals surface area contributed by atoms with Crippen LogP contribution in [-0.4, -0.2) is 19.5 Å². The summed E-state index contributed by atoms with van der Waals surface area (Å²) in [5.74, 6) is 1.78. The number of nitrogens with zero attached hydrogens (tertiary/aromatic N) is 4. The Balaban J connectivity index is 0.930.